The second kappa shape index (κ2) is 6.23. The van der Waals surface area contributed by atoms with Gasteiger partial charge in [-0.05, 0) is 49.4 Å². The Morgan fingerprint density at radius 2 is 2.12 bits per heavy atom. The highest BCUT2D eigenvalue weighted by Gasteiger charge is 2.68. The van der Waals surface area contributed by atoms with Crippen LogP contribution >= 0.6 is 0 Å². The van der Waals surface area contributed by atoms with E-state index in [1.165, 1.54) is 6.42 Å². The van der Waals surface area contributed by atoms with E-state index in [0.717, 1.165) is 18.8 Å². The van der Waals surface area contributed by atoms with Crippen LogP contribution in [-0.4, -0.2) is 43.0 Å². The molecule has 3 saturated carbocycles. The first-order valence-electron chi connectivity index (χ1n) is 10.0. The van der Waals surface area contributed by atoms with Crippen molar-refractivity contribution in [1.29, 1.82) is 0 Å². The Bertz CT molecular complexity index is 602. The predicted octanol–water partition coefficient (Wildman–Crippen LogP) is 2.56. The molecule has 7 heteroatoms. The van der Waals surface area contributed by atoms with Crippen LogP contribution in [0.4, 0.5) is 0 Å². The lowest BCUT2D eigenvalue weighted by Crippen LogP contribution is -2.65. The minimum atomic E-state index is -0.532. The number of carbonyl (C=O) groups is 1. The molecule has 26 heavy (non-hydrogen) atoms. The van der Waals surface area contributed by atoms with Crippen molar-refractivity contribution in [3.05, 3.63) is 0 Å². The first kappa shape index (κ1) is 18.3. The number of nitrogens with one attached hydrogen (secondary N) is 1. The molecule has 144 valence electrons. The molecule has 0 aromatic carbocycles. The van der Waals surface area contributed by atoms with Gasteiger partial charge in [0, 0.05) is 12.6 Å². The van der Waals surface area contributed by atoms with Crippen molar-refractivity contribution in [2.24, 2.45) is 28.3 Å². The monoisotopic (exact) mass is 362 g/mol. The fourth-order valence-corrected chi connectivity index (χ4v) is 5.55. The molecule has 1 unspecified atom stereocenters. The molecule has 2 heterocycles. The molecule has 2 bridgehead atoms. The van der Waals surface area contributed by atoms with E-state index in [9.17, 15) is 4.79 Å². The highest BCUT2D eigenvalue weighted by Crippen LogP contribution is 2.65. The second-order valence-corrected chi connectivity index (χ2v) is 9.70. The van der Waals surface area contributed by atoms with Crippen molar-refractivity contribution >= 4 is 19.2 Å². The average Bonchev–Trinajstić information content (AvgIpc) is 3.19. The van der Waals surface area contributed by atoms with Crippen molar-refractivity contribution in [2.45, 2.75) is 84.1 Å². The van der Waals surface area contributed by atoms with Gasteiger partial charge in [0.1, 0.15) is 0 Å². The molecule has 1 amide bonds. The Hall–Kier alpha value is -1.08. The van der Waals surface area contributed by atoms with Crippen LogP contribution in [0.15, 0.2) is 5.16 Å². The number of hydrogen-bond donors (Lipinski definition) is 1. The van der Waals surface area contributed by atoms with E-state index in [1.807, 2.05) is 0 Å². The minimum absolute atomic E-state index is 0.127. The molecule has 5 rings (SSSR count). The van der Waals surface area contributed by atoms with Crippen molar-refractivity contribution in [1.82, 2.24) is 5.32 Å². The number of rotatable bonds is 5. The zero-order chi connectivity index (χ0) is 18.7. The lowest BCUT2D eigenvalue weighted by Gasteiger charge is -2.64. The summed E-state index contributed by atoms with van der Waals surface area (Å²) in [7, 11) is -0.395. The van der Waals surface area contributed by atoms with Gasteiger partial charge >= 0.3 is 7.12 Å². The molecule has 0 spiro atoms. The van der Waals surface area contributed by atoms with E-state index in [-0.39, 0.29) is 23.6 Å². The molecule has 1 saturated heterocycles. The molecular weight excluding hydrogens is 331 g/mol. The van der Waals surface area contributed by atoms with Gasteiger partial charge in [0.15, 0.2) is 0 Å². The van der Waals surface area contributed by atoms with E-state index in [0.29, 0.717) is 23.7 Å². The summed E-state index contributed by atoms with van der Waals surface area (Å²) in [4.78, 5) is 17.7. The van der Waals surface area contributed by atoms with Gasteiger partial charge in [-0.2, -0.15) is 0 Å². The SMILES string of the molecule is CC(C)C[C@H](NC(=O)C1CC=NO1)B1O[C@@H]2C[C@@H]3C[C@@H](C3(C)C)[C@]2(C)O1. The van der Waals surface area contributed by atoms with E-state index >= 15 is 0 Å². The third kappa shape index (κ3) is 2.78. The minimum Gasteiger partial charge on any atom is -0.404 e. The lowest BCUT2D eigenvalue weighted by molar-refractivity contribution is -0.199. The molecule has 0 aromatic rings. The van der Waals surface area contributed by atoms with Crippen LogP contribution in [0.1, 0.15) is 60.3 Å². The number of hydrogen-bond acceptors (Lipinski definition) is 5. The van der Waals surface area contributed by atoms with Gasteiger partial charge in [-0.1, -0.05) is 32.9 Å². The maximum Gasteiger partial charge on any atom is 0.481 e. The van der Waals surface area contributed by atoms with Gasteiger partial charge in [-0.25, -0.2) is 0 Å². The summed E-state index contributed by atoms with van der Waals surface area (Å²) < 4.78 is 12.9. The van der Waals surface area contributed by atoms with Gasteiger partial charge in [-0.15, -0.1) is 0 Å². The third-order valence-electron chi connectivity index (χ3n) is 7.22. The van der Waals surface area contributed by atoms with E-state index in [4.69, 9.17) is 14.1 Å². The Balaban J connectivity index is 1.47. The van der Waals surface area contributed by atoms with Crippen molar-refractivity contribution < 1.29 is 18.9 Å². The lowest BCUT2D eigenvalue weighted by atomic mass is 9.43. The molecule has 0 aromatic heterocycles. The zero-order valence-corrected chi connectivity index (χ0v) is 16.5. The molecule has 6 atom stereocenters. The number of nitrogens with zero attached hydrogens (tertiary/aromatic N) is 1. The molecule has 2 aliphatic heterocycles. The number of oxime groups is 1. The molecular formula is C19H31BN2O4. The predicted molar refractivity (Wildman–Crippen MR) is 99.5 cm³/mol. The summed E-state index contributed by atoms with van der Waals surface area (Å²) in [5.41, 5.74) is 0.0607. The molecule has 3 aliphatic carbocycles. The Labute approximate surface area is 156 Å². The van der Waals surface area contributed by atoms with Crippen LogP contribution in [0.3, 0.4) is 0 Å². The molecule has 5 aliphatic rings. The summed E-state index contributed by atoms with van der Waals surface area (Å²) in [6.07, 6.45) is 4.84. The summed E-state index contributed by atoms with van der Waals surface area (Å²) in [5, 5.41) is 6.82. The van der Waals surface area contributed by atoms with Crippen LogP contribution in [0, 0.1) is 23.2 Å². The fraction of sp³-hybridized carbons (Fsp3) is 0.895. The maximum absolute atomic E-state index is 12.5. The third-order valence-corrected chi connectivity index (χ3v) is 7.22. The molecule has 4 fully saturated rings. The quantitative estimate of drug-likeness (QED) is 0.764. The van der Waals surface area contributed by atoms with Crippen LogP contribution in [-0.2, 0) is 18.9 Å². The Morgan fingerprint density at radius 3 is 2.73 bits per heavy atom. The number of amides is 1. The average molecular weight is 362 g/mol. The van der Waals surface area contributed by atoms with Crippen molar-refractivity contribution in [3.63, 3.8) is 0 Å². The molecule has 1 N–H and O–H groups in total. The Morgan fingerprint density at radius 1 is 1.35 bits per heavy atom. The van der Waals surface area contributed by atoms with Gasteiger partial charge in [0.2, 0.25) is 6.10 Å². The van der Waals surface area contributed by atoms with E-state index in [1.54, 1.807) is 6.21 Å². The smallest absolute Gasteiger partial charge is 0.404 e. The zero-order valence-electron chi connectivity index (χ0n) is 16.5. The van der Waals surface area contributed by atoms with Crippen LogP contribution in [0.25, 0.3) is 0 Å². The van der Waals surface area contributed by atoms with Gasteiger partial charge in [-0.3, -0.25) is 4.79 Å². The van der Waals surface area contributed by atoms with Crippen LogP contribution < -0.4 is 5.32 Å². The molecule has 0 radical (unpaired) electrons. The van der Waals surface area contributed by atoms with Gasteiger partial charge in [0.05, 0.1) is 17.6 Å². The van der Waals surface area contributed by atoms with Gasteiger partial charge < -0.3 is 19.5 Å². The normalized spacial score (nSPS) is 40.8. The maximum atomic E-state index is 12.5. The summed E-state index contributed by atoms with van der Waals surface area (Å²) in [6.45, 7) is 11.2. The van der Waals surface area contributed by atoms with E-state index < -0.39 is 13.2 Å². The van der Waals surface area contributed by atoms with Crippen molar-refractivity contribution in [3.8, 4) is 0 Å². The standard InChI is InChI=1S/C19H31BN2O4/c1-11(2)8-16(22-17(23)13-6-7-21-25-13)20-24-15-10-12-9-14(18(12,3)4)19(15,5)26-20/h7,11-16H,6,8-10H2,1-5H3,(H,22,23)/t12-,13?,14-,15+,16-,19-/m0/s1. The first-order valence-corrected chi connectivity index (χ1v) is 10.0. The molecule has 6 nitrogen and oxygen atoms in total. The van der Waals surface area contributed by atoms with Crippen molar-refractivity contribution in [2.75, 3.05) is 0 Å². The highest BCUT2D eigenvalue weighted by molar-refractivity contribution is 6.47. The van der Waals surface area contributed by atoms with E-state index in [2.05, 4.69) is 45.1 Å². The second-order valence-electron chi connectivity index (χ2n) is 9.70. The largest absolute Gasteiger partial charge is 0.481 e. The first-order chi connectivity index (χ1) is 12.2. The summed E-state index contributed by atoms with van der Waals surface area (Å²) in [6, 6.07) is 0. The van der Waals surface area contributed by atoms with Gasteiger partial charge in [0.25, 0.3) is 5.91 Å². The summed E-state index contributed by atoms with van der Waals surface area (Å²) in [5.74, 6) is 1.36. The van der Waals surface area contributed by atoms with Crippen LogP contribution in [0.5, 0.6) is 0 Å². The number of carbonyl (C=O) groups excluding carboxylic acids is 1. The van der Waals surface area contributed by atoms with Crippen LogP contribution in [0.2, 0.25) is 0 Å². The summed E-state index contributed by atoms with van der Waals surface area (Å²) >= 11 is 0. The highest BCUT2D eigenvalue weighted by atomic mass is 16.7. The Kier molecular flexibility index (Phi) is 4.38. The topological polar surface area (TPSA) is 69.2 Å². The fourth-order valence-electron chi connectivity index (χ4n) is 5.55.